The zero-order valence-electron chi connectivity index (χ0n) is 36.7. The van der Waals surface area contributed by atoms with E-state index in [2.05, 4.69) is 5.32 Å². The van der Waals surface area contributed by atoms with Crippen molar-refractivity contribution in [2.45, 2.75) is 205 Å². The third-order valence-corrected chi connectivity index (χ3v) is 12.8. The standard InChI is InChI=1S/C38H65NO29/c1-8-16(45)20(49)25(54)35(58-8)65-29-14(7-43)63-34(67-31-19(48)12(5-41)61-37(27(31)56)64-28-13(6-42)60-33(57)24(53)23(28)52)15(39-10(3)44)30(29)66-38-32(22(51)18(47)11(4-40)62-38)68-36-26(55)21(50)17(46)9(2)59-36/h8-9,11-38,40-43,45-57H,4-7H2,1-3H3,(H,39,44)/t8-,9-,11+,12+,13+,14+,15+,16+,17+,18-,19-,20+,21+,22-,23-,24-,25-,26-,27-,28+,29+,30+,31-,32+,33?,34-,35-,36-,37-,38-/m0/s1. The Hall–Kier alpha value is -1.65. The minimum absolute atomic E-state index is 0.894. The molecule has 0 spiro atoms. The molecule has 6 rings (SSSR count). The number of ether oxygens (including phenoxy) is 11. The molecule has 0 bridgehead atoms. The molecule has 396 valence electrons. The van der Waals surface area contributed by atoms with Crippen LogP contribution in [0.4, 0.5) is 0 Å². The van der Waals surface area contributed by atoms with E-state index in [1.54, 1.807) is 0 Å². The summed E-state index contributed by atoms with van der Waals surface area (Å²) in [5.74, 6) is -0.894. The molecule has 6 aliphatic rings. The summed E-state index contributed by atoms with van der Waals surface area (Å²) in [6.45, 7) is -0.357. The van der Waals surface area contributed by atoms with Gasteiger partial charge in [-0.2, -0.15) is 0 Å². The first-order valence-electron chi connectivity index (χ1n) is 21.8. The number of carbonyl (C=O) groups is 1. The molecule has 0 radical (unpaired) electrons. The maximum absolute atomic E-state index is 13.1. The van der Waals surface area contributed by atoms with E-state index >= 15 is 0 Å². The first-order chi connectivity index (χ1) is 32.1. The fourth-order valence-corrected chi connectivity index (χ4v) is 8.78. The van der Waals surface area contributed by atoms with Gasteiger partial charge in [-0.15, -0.1) is 0 Å². The molecule has 1 amide bonds. The maximum Gasteiger partial charge on any atom is 0.217 e. The Labute approximate surface area is 386 Å². The van der Waals surface area contributed by atoms with Gasteiger partial charge in [0.2, 0.25) is 5.91 Å². The van der Waals surface area contributed by atoms with E-state index in [-0.39, 0.29) is 0 Å². The summed E-state index contributed by atoms with van der Waals surface area (Å²) in [6.07, 6.45) is -54.0. The molecule has 0 aliphatic carbocycles. The van der Waals surface area contributed by atoms with Crippen molar-refractivity contribution in [2.24, 2.45) is 0 Å². The van der Waals surface area contributed by atoms with Crippen LogP contribution < -0.4 is 5.32 Å². The summed E-state index contributed by atoms with van der Waals surface area (Å²) >= 11 is 0. The fraction of sp³-hybridized carbons (Fsp3) is 0.974. The van der Waals surface area contributed by atoms with Crippen molar-refractivity contribution in [2.75, 3.05) is 26.4 Å². The highest BCUT2D eigenvalue weighted by Gasteiger charge is 2.59. The second-order valence-corrected chi connectivity index (χ2v) is 17.5. The van der Waals surface area contributed by atoms with Gasteiger partial charge in [-0.3, -0.25) is 4.79 Å². The SMILES string of the molecule is CC(=O)N[C@H]1[C@H](O[C@@H]2[C@H](O)[C@H](O[C@H]3[C@@H](O)[C@H](O)C(O)O[C@@H]3CO)O[C@H](CO)[C@@H]2O)O[C@H](CO)[C@@H](O[C@@H]2O[C@@H](C)[C@@H](O)[C@@H](O)[C@@H]2O)[C@@H]1O[C@@H]1O[C@H](CO)[C@H](O)[C@H](O)[C@H]1O[C@@H]1O[C@@H](C)[C@@H](O)[C@@H](O)[C@@H]1O. The Morgan fingerprint density at radius 1 is 0.382 bits per heavy atom. The lowest BCUT2D eigenvalue weighted by molar-refractivity contribution is -0.400. The molecule has 6 heterocycles. The molecule has 18 N–H and O–H groups in total. The number of aliphatic hydroxyl groups excluding tert-OH is 17. The monoisotopic (exact) mass is 999 g/mol. The molecular weight excluding hydrogens is 934 g/mol. The van der Waals surface area contributed by atoms with Crippen molar-refractivity contribution in [3.8, 4) is 0 Å². The molecule has 68 heavy (non-hydrogen) atoms. The third-order valence-electron chi connectivity index (χ3n) is 12.8. The summed E-state index contributed by atoms with van der Waals surface area (Å²) in [4.78, 5) is 13.1. The molecular formula is C38H65NO29. The summed E-state index contributed by atoms with van der Waals surface area (Å²) in [5.41, 5.74) is 0. The van der Waals surface area contributed by atoms with Crippen molar-refractivity contribution < 1.29 is 144 Å². The number of aliphatic hydroxyl groups is 17. The Balaban J connectivity index is 1.39. The van der Waals surface area contributed by atoms with Crippen LogP contribution in [0.3, 0.4) is 0 Å². The van der Waals surface area contributed by atoms with Crippen LogP contribution in [-0.2, 0) is 56.9 Å². The van der Waals surface area contributed by atoms with Gasteiger partial charge in [0.15, 0.2) is 37.7 Å². The lowest BCUT2D eigenvalue weighted by atomic mass is 9.93. The Bertz CT molecular complexity index is 1590. The van der Waals surface area contributed by atoms with E-state index in [0.29, 0.717) is 0 Å². The van der Waals surface area contributed by atoms with Gasteiger partial charge in [0, 0.05) is 6.92 Å². The van der Waals surface area contributed by atoms with Crippen LogP contribution in [0.1, 0.15) is 20.8 Å². The normalized spacial score (nSPS) is 52.6. The highest BCUT2D eigenvalue weighted by molar-refractivity contribution is 5.73. The third kappa shape index (κ3) is 11.4. The van der Waals surface area contributed by atoms with Gasteiger partial charge in [0.05, 0.1) is 38.6 Å². The minimum Gasteiger partial charge on any atom is -0.394 e. The van der Waals surface area contributed by atoms with Crippen LogP contribution in [0.5, 0.6) is 0 Å². The van der Waals surface area contributed by atoms with Gasteiger partial charge in [0.1, 0.15) is 134 Å². The lowest BCUT2D eigenvalue weighted by Crippen LogP contribution is -2.71. The van der Waals surface area contributed by atoms with E-state index in [1.165, 1.54) is 13.8 Å². The van der Waals surface area contributed by atoms with Crippen molar-refractivity contribution in [3.63, 3.8) is 0 Å². The van der Waals surface area contributed by atoms with E-state index in [0.717, 1.165) is 6.92 Å². The summed E-state index contributed by atoms with van der Waals surface area (Å²) in [7, 11) is 0. The highest BCUT2D eigenvalue weighted by atomic mass is 16.8. The molecule has 30 heteroatoms. The van der Waals surface area contributed by atoms with Crippen LogP contribution in [0.15, 0.2) is 0 Å². The predicted octanol–water partition coefficient (Wildman–Crippen LogP) is -11.9. The highest BCUT2D eigenvalue weighted by Crippen LogP contribution is 2.38. The number of amides is 1. The fourth-order valence-electron chi connectivity index (χ4n) is 8.78. The summed E-state index contributed by atoms with van der Waals surface area (Å²) < 4.78 is 63.9. The maximum atomic E-state index is 13.1. The van der Waals surface area contributed by atoms with Crippen LogP contribution >= 0.6 is 0 Å². The zero-order valence-corrected chi connectivity index (χ0v) is 36.7. The Morgan fingerprint density at radius 2 is 0.794 bits per heavy atom. The van der Waals surface area contributed by atoms with Gasteiger partial charge in [-0.25, -0.2) is 0 Å². The van der Waals surface area contributed by atoms with Crippen LogP contribution in [-0.4, -0.2) is 303 Å². The number of rotatable bonds is 15. The van der Waals surface area contributed by atoms with Crippen molar-refractivity contribution in [3.05, 3.63) is 0 Å². The molecule has 1 unspecified atom stereocenters. The van der Waals surface area contributed by atoms with Crippen molar-refractivity contribution in [1.29, 1.82) is 0 Å². The van der Waals surface area contributed by atoms with E-state index < -0.39 is 217 Å². The molecule has 6 saturated heterocycles. The second-order valence-electron chi connectivity index (χ2n) is 17.5. The van der Waals surface area contributed by atoms with Crippen LogP contribution in [0.25, 0.3) is 0 Å². The summed E-state index contributed by atoms with van der Waals surface area (Å²) in [6, 6.07) is -1.86. The molecule has 0 aromatic heterocycles. The zero-order chi connectivity index (χ0) is 50.2. The average molecular weight is 1000 g/mol. The van der Waals surface area contributed by atoms with Crippen molar-refractivity contribution >= 4 is 5.91 Å². The molecule has 0 saturated carbocycles. The Kier molecular flexibility index (Phi) is 19.2. The first kappa shape index (κ1) is 55.7. The number of hydrogen-bond acceptors (Lipinski definition) is 29. The Morgan fingerprint density at radius 3 is 1.32 bits per heavy atom. The van der Waals surface area contributed by atoms with Gasteiger partial charge in [0.25, 0.3) is 0 Å². The molecule has 30 atom stereocenters. The van der Waals surface area contributed by atoms with Gasteiger partial charge >= 0.3 is 0 Å². The topological polar surface area (TPSA) is 475 Å². The largest absolute Gasteiger partial charge is 0.394 e. The number of hydrogen-bond donors (Lipinski definition) is 18. The quantitative estimate of drug-likeness (QED) is 0.0724. The molecule has 6 aliphatic heterocycles. The second kappa shape index (κ2) is 23.5. The van der Waals surface area contributed by atoms with Crippen molar-refractivity contribution in [1.82, 2.24) is 5.32 Å². The van der Waals surface area contributed by atoms with E-state index in [1.807, 2.05) is 0 Å². The smallest absolute Gasteiger partial charge is 0.217 e. The molecule has 0 aromatic rings. The molecule has 30 nitrogen and oxygen atoms in total. The summed E-state index contributed by atoms with van der Waals surface area (Å²) in [5, 5.41) is 184. The molecule has 6 fully saturated rings. The van der Waals surface area contributed by atoms with E-state index in [9.17, 15) is 91.6 Å². The first-order valence-corrected chi connectivity index (χ1v) is 21.8. The van der Waals surface area contributed by atoms with Gasteiger partial charge < -0.3 is 144 Å². The van der Waals surface area contributed by atoms with Gasteiger partial charge in [-0.1, -0.05) is 0 Å². The van der Waals surface area contributed by atoms with Crippen LogP contribution in [0.2, 0.25) is 0 Å². The van der Waals surface area contributed by atoms with Gasteiger partial charge in [-0.05, 0) is 13.8 Å². The van der Waals surface area contributed by atoms with Crippen LogP contribution in [0, 0.1) is 0 Å². The molecule has 0 aromatic carbocycles. The number of nitrogens with one attached hydrogen (secondary N) is 1. The number of carbonyl (C=O) groups excluding carboxylic acids is 1. The minimum atomic E-state index is -2.19. The lowest BCUT2D eigenvalue weighted by Gasteiger charge is -2.52. The predicted molar refractivity (Wildman–Crippen MR) is 208 cm³/mol. The average Bonchev–Trinajstić information content (AvgIpc) is 3.31. The van der Waals surface area contributed by atoms with E-state index in [4.69, 9.17) is 52.1 Å².